The summed E-state index contributed by atoms with van der Waals surface area (Å²) in [5.41, 5.74) is 6.31. The lowest BCUT2D eigenvalue weighted by Crippen LogP contribution is -2.50. The van der Waals surface area contributed by atoms with E-state index in [1.807, 2.05) is 11.9 Å². The number of halogens is 1. The van der Waals surface area contributed by atoms with Crippen molar-refractivity contribution < 1.29 is 14.3 Å². The molecule has 0 radical (unpaired) electrons. The third-order valence-electron chi connectivity index (χ3n) is 3.87. The number of rotatable bonds is 4. The van der Waals surface area contributed by atoms with E-state index < -0.39 is 5.82 Å². The highest BCUT2D eigenvalue weighted by Gasteiger charge is 2.26. The Morgan fingerprint density at radius 3 is 2.57 bits per heavy atom. The summed E-state index contributed by atoms with van der Waals surface area (Å²) in [6.07, 6.45) is 0.340. The van der Waals surface area contributed by atoms with Crippen molar-refractivity contribution in [3.8, 4) is 5.75 Å². The molecule has 1 aromatic rings. The van der Waals surface area contributed by atoms with E-state index in [1.54, 1.807) is 0 Å². The number of nitrogens with zero attached hydrogens (tertiary/aromatic N) is 2. The Bertz CT molecular complexity index is 481. The van der Waals surface area contributed by atoms with Gasteiger partial charge >= 0.3 is 0 Å². The Hall–Kier alpha value is -1.66. The van der Waals surface area contributed by atoms with Gasteiger partial charge in [-0.2, -0.15) is 0 Å². The van der Waals surface area contributed by atoms with Crippen molar-refractivity contribution in [2.24, 2.45) is 11.7 Å². The van der Waals surface area contributed by atoms with Gasteiger partial charge in [-0.05, 0) is 31.2 Å². The molecule has 2 rings (SSSR count). The molecular weight excluding hydrogens is 273 g/mol. The van der Waals surface area contributed by atoms with Crippen LogP contribution in [0.1, 0.15) is 5.56 Å². The summed E-state index contributed by atoms with van der Waals surface area (Å²) >= 11 is 0. The van der Waals surface area contributed by atoms with Gasteiger partial charge in [0.1, 0.15) is 11.6 Å². The van der Waals surface area contributed by atoms with E-state index in [2.05, 4.69) is 4.90 Å². The number of hydrogen-bond donors (Lipinski definition) is 2. The third kappa shape index (κ3) is 4.15. The van der Waals surface area contributed by atoms with E-state index in [4.69, 9.17) is 5.73 Å². The van der Waals surface area contributed by atoms with Gasteiger partial charge < -0.3 is 20.6 Å². The lowest BCUT2D eigenvalue weighted by atomic mass is 9.97. The van der Waals surface area contributed by atoms with E-state index in [1.165, 1.54) is 12.1 Å². The smallest absolute Gasteiger partial charge is 0.227 e. The number of phenolic OH excluding ortho intramolecular Hbond substituents is 1. The van der Waals surface area contributed by atoms with Gasteiger partial charge in [0.25, 0.3) is 0 Å². The second-order valence-electron chi connectivity index (χ2n) is 5.58. The second-order valence-corrected chi connectivity index (χ2v) is 5.58. The molecule has 0 aliphatic carbocycles. The van der Waals surface area contributed by atoms with Crippen molar-refractivity contribution in [3.05, 3.63) is 29.6 Å². The molecule has 1 aliphatic heterocycles. The summed E-state index contributed by atoms with van der Waals surface area (Å²) in [7, 11) is 2.03. The van der Waals surface area contributed by atoms with Gasteiger partial charge in [-0.1, -0.05) is 0 Å². The van der Waals surface area contributed by atoms with Crippen molar-refractivity contribution >= 4 is 5.91 Å². The SMILES string of the molecule is CN1CCN(C(=O)C(CN)Cc2cc(O)cc(F)c2)CC1. The van der Waals surface area contributed by atoms with Gasteiger partial charge in [0.15, 0.2) is 0 Å². The van der Waals surface area contributed by atoms with Crippen molar-refractivity contribution in [1.29, 1.82) is 0 Å². The third-order valence-corrected chi connectivity index (χ3v) is 3.87. The number of carbonyl (C=O) groups excluding carboxylic acids is 1. The minimum absolute atomic E-state index is 0.00866. The normalized spacial score (nSPS) is 17.8. The van der Waals surface area contributed by atoms with Gasteiger partial charge in [0.05, 0.1) is 5.92 Å². The second kappa shape index (κ2) is 6.87. The molecule has 0 aromatic heterocycles. The zero-order valence-corrected chi connectivity index (χ0v) is 12.3. The summed E-state index contributed by atoms with van der Waals surface area (Å²) in [6.45, 7) is 3.30. The van der Waals surface area contributed by atoms with Crippen molar-refractivity contribution in [3.63, 3.8) is 0 Å². The Morgan fingerprint density at radius 1 is 1.33 bits per heavy atom. The van der Waals surface area contributed by atoms with Crippen LogP contribution in [0.2, 0.25) is 0 Å². The number of aromatic hydroxyl groups is 1. The molecule has 0 spiro atoms. The van der Waals surface area contributed by atoms with Crippen LogP contribution in [0.4, 0.5) is 4.39 Å². The highest BCUT2D eigenvalue weighted by atomic mass is 19.1. The molecule has 6 heteroatoms. The molecule has 1 aromatic carbocycles. The maximum atomic E-state index is 13.3. The van der Waals surface area contributed by atoms with Gasteiger partial charge in [-0.3, -0.25) is 4.79 Å². The Morgan fingerprint density at radius 2 is 2.00 bits per heavy atom. The average molecular weight is 295 g/mol. The molecule has 1 aliphatic rings. The van der Waals surface area contributed by atoms with Crippen LogP contribution in [0.3, 0.4) is 0 Å². The van der Waals surface area contributed by atoms with Crippen LogP contribution in [0.5, 0.6) is 5.75 Å². The average Bonchev–Trinajstić information content (AvgIpc) is 2.44. The zero-order chi connectivity index (χ0) is 15.4. The van der Waals surface area contributed by atoms with Crippen molar-refractivity contribution in [1.82, 2.24) is 9.80 Å². The quantitative estimate of drug-likeness (QED) is 0.845. The van der Waals surface area contributed by atoms with Gasteiger partial charge in [-0.25, -0.2) is 4.39 Å². The van der Waals surface area contributed by atoms with Crippen molar-refractivity contribution in [2.75, 3.05) is 39.8 Å². The molecule has 0 bridgehead atoms. The Kier molecular flexibility index (Phi) is 5.14. The molecular formula is C15H22FN3O2. The predicted molar refractivity (Wildman–Crippen MR) is 78.4 cm³/mol. The van der Waals surface area contributed by atoms with Gasteiger partial charge in [0.2, 0.25) is 5.91 Å². The van der Waals surface area contributed by atoms with Crippen LogP contribution in [-0.2, 0) is 11.2 Å². The summed E-state index contributed by atoms with van der Waals surface area (Å²) in [6, 6.07) is 3.85. The first-order chi connectivity index (χ1) is 9.99. The predicted octanol–water partition coefficient (Wildman–Crippen LogP) is 0.423. The fourth-order valence-corrected chi connectivity index (χ4v) is 2.59. The number of phenols is 1. The number of nitrogens with two attached hydrogens (primary N) is 1. The molecule has 1 heterocycles. The number of likely N-dealkylation sites (N-methyl/N-ethyl adjacent to an activating group) is 1. The topological polar surface area (TPSA) is 69.8 Å². The van der Waals surface area contributed by atoms with Crippen molar-refractivity contribution in [2.45, 2.75) is 6.42 Å². The fourth-order valence-electron chi connectivity index (χ4n) is 2.59. The van der Waals surface area contributed by atoms with E-state index >= 15 is 0 Å². The highest BCUT2D eigenvalue weighted by molar-refractivity contribution is 5.79. The van der Waals surface area contributed by atoms with E-state index in [0.29, 0.717) is 25.1 Å². The summed E-state index contributed by atoms with van der Waals surface area (Å²) in [4.78, 5) is 16.5. The van der Waals surface area contributed by atoms with Gasteiger partial charge in [-0.15, -0.1) is 0 Å². The first-order valence-corrected chi connectivity index (χ1v) is 7.15. The summed E-state index contributed by atoms with van der Waals surface area (Å²) in [5.74, 6) is -1.01. The van der Waals surface area contributed by atoms with Gasteiger partial charge in [0, 0.05) is 38.8 Å². The lowest BCUT2D eigenvalue weighted by molar-refractivity contribution is -0.136. The summed E-state index contributed by atoms with van der Waals surface area (Å²) in [5, 5.41) is 9.42. The van der Waals surface area contributed by atoms with Crippen LogP contribution in [0.25, 0.3) is 0 Å². The number of carbonyl (C=O) groups is 1. The Balaban J connectivity index is 2.03. The largest absolute Gasteiger partial charge is 0.508 e. The molecule has 1 atom stereocenters. The molecule has 1 unspecified atom stereocenters. The zero-order valence-electron chi connectivity index (χ0n) is 12.3. The molecule has 3 N–H and O–H groups in total. The molecule has 1 fully saturated rings. The van der Waals surface area contributed by atoms with Crippen LogP contribution >= 0.6 is 0 Å². The maximum absolute atomic E-state index is 13.3. The van der Waals surface area contributed by atoms with Crippen LogP contribution in [-0.4, -0.2) is 60.6 Å². The molecule has 1 saturated heterocycles. The molecule has 21 heavy (non-hydrogen) atoms. The first-order valence-electron chi connectivity index (χ1n) is 7.15. The first kappa shape index (κ1) is 15.7. The van der Waals surface area contributed by atoms with E-state index in [0.717, 1.165) is 19.2 Å². The molecule has 116 valence electrons. The molecule has 1 amide bonds. The minimum Gasteiger partial charge on any atom is -0.508 e. The number of amides is 1. The van der Waals surface area contributed by atoms with E-state index in [-0.39, 0.29) is 24.1 Å². The number of benzene rings is 1. The monoisotopic (exact) mass is 295 g/mol. The standard InChI is InChI=1S/C15H22FN3O2/c1-18-2-4-19(5-3-18)15(21)12(10-17)6-11-7-13(16)9-14(20)8-11/h7-9,12,20H,2-6,10,17H2,1H3. The minimum atomic E-state index is -0.507. The Labute approximate surface area is 124 Å². The highest BCUT2D eigenvalue weighted by Crippen LogP contribution is 2.19. The fraction of sp³-hybridized carbons (Fsp3) is 0.533. The van der Waals surface area contributed by atoms with Crippen LogP contribution in [0.15, 0.2) is 18.2 Å². The lowest BCUT2D eigenvalue weighted by Gasteiger charge is -2.34. The molecule has 5 nitrogen and oxygen atoms in total. The summed E-state index contributed by atoms with van der Waals surface area (Å²) < 4.78 is 13.3. The van der Waals surface area contributed by atoms with Crippen LogP contribution in [0, 0.1) is 11.7 Å². The number of piperazine rings is 1. The number of hydrogen-bond acceptors (Lipinski definition) is 4. The molecule has 0 saturated carbocycles. The maximum Gasteiger partial charge on any atom is 0.227 e. The van der Waals surface area contributed by atoms with E-state index in [9.17, 15) is 14.3 Å². The van der Waals surface area contributed by atoms with Crippen LogP contribution < -0.4 is 5.73 Å².